The number of rotatable bonds is 6. The zero-order valence-corrected chi connectivity index (χ0v) is 25.6. The molecular formula is C25H42Cl2N2O10S. The van der Waals surface area contributed by atoms with Gasteiger partial charge in [-0.1, -0.05) is 0 Å². The molecule has 0 bridgehead atoms. The van der Waals surface area contributed by atoms with Gasteiger partial charge in [-0.05, 0) is 76.9 Å². The SMILES string of the molecule is CC(C)(C)NCC(O)c1cc(O)cc(O)c1.CC(C)(C)NCC(O)c1cc(O)cc(O)c1.ClCCl.O=S(=O)(O)O. The highest BCUT2D eigenvalue weighted by Gasteiger charge is 2.15. The molecule has 0 fully saturated rings. The van der Waals surface area contributed by atoms with Gasteiger partial charge in [0.25, 0.3) is 0 Å². The standard InChI is InChI=1S/2C12H19NO3.CH2Cl2.H2O4S/c2*1-12(2,3)13-7-11(16)8-4-9(14)6-10(15)5-8;2-1-3;1-5(2,3)4/h2*4-6,11,13-16H,7H2,1-3H3;1H2;(H2,1,2,3,4). The van der Waals surface area contributed by atoms with Crippen LogP contribution >= 0.6 is 23.2 Å². The number of β-amino-alcohol motifs (C(OH)–C–C–N with tert-alkyl or cyclic N) is 2. The molecule has 2 unspecified atom stereocenters. The minimum Gasteiger partial charge on any atom is -0.508 e. The Kier molecular flexibility index (Phi) is 18.4. The molecule has 0 aliphatic carbocycles. The molecule has 232 valence electrons. The Morgan fingerprint density at radius 2 is 0.850 bits per heavy atom. The second-order valence-electron chi connectivity index (χ2n) is 10.4. The fraction of sp³-hybridized carbons (Fsp3) is 0.520. The van der Waals surface area contributed by atoms with Crippen molar-refractivity contribution >= 4 is 33.6 Å². The molecule has 15 heteroatoms. The molecule has 10 N–H and O–H groups in total. The van der Waals surface area contributed by atoms with Gasteiger partial charge in [0.2, 0.25) is 0 Å². The zero-order chi connectivity index (χ0) is 31.9. The average Bonchev–Trinajstić information content (AvgIpc) is 2.73. The maximum Gasteiger partial charge on any atom is 0.394 e. The van der Waals surface area contributed by atoms with E-state index in [9.17, 15) is 30.6 Å². The second kappa shape index (κ2) is 18.4. The molecule has 0 aliphatic rings. The van der Waals surface area contributed by atoms with Crippen LogP contribution in [-0.4, -0.2) is 77.7 Å². The van der Waals surface area contributed by atoms with E-state index < -0.39 is 22.6 Å². The molecule has 0 radical (unpaired) electrons. The van der Waals surface area contributed by atoms with E-state index in [0.717, 1.165) is 0 Å². The van der Waals surface area contributed by atoms with Crippen molar-refractivity contribution in [1.82, 2.24) is 10.6 Å². The molecule has 0 aromatic heterocycles. The topological polar surface area (TPSA) is 220 Å². The van der Waals surface area contributed by atoms with Crippen molar-refractivity contribution in [2.45, 2.75) is 64.8 Å². The van der Waals surface area contributed by atoms with E-state index in [0.29, 0.717) is 24.2 Å². The first-order valence-corrected chi connectivity index (χ1v) is 14.2. The minimum absolute atomic E-state index is 0.0511. The van der Waals surface area contributed by atoms with Crippen molar-refractivity contribution in [2.24, 2.45) is 0 Å². The fourth-order valence-electron chi connectivity index (χ4n) is 2.66. The summed E-state index contributed by atoms with van der Waals surface area (Å²) in [6.07, 6.45) is -1.51. The average molecular weight is 634 g/mol. The Labute approximate surface area is 245 Å². The summed E-state index contributed by atoms with van der Waals surface area (Å²) in [6, 6.07) is 8.22. The molecule has 0 spiro atoms. The van der Waals surface area contributed by atoms with Crippen molar-refractivity contribution in [2.75, 3.05) is 18.4 Å². The number of nitrogens with one attached hydrogen (secondary N) is 2. The zero-order valence-electron chi connectivity index (χ0n) is 23.3. The normalized spacial score (nSPS) is 12.9. The minimum atomic E-state index is -4.67. The van der Waals surface area contributed by atoms with Gasteiger partial charge in [0, 0.05) is 36.3 Å². The molecule has 0 heterocycles. The smallest absolute Gasteiger partial charge is 0.394 e. The van der Waals surface area contributed by atoms with Crippen LogP contribution in [0.4, 0.5) is 0 Å². The number of phenolic OH excluding ortho intramolecular Hbond substituents is 4. The lowest BCUT2D eigenvalue weighted by atomic mass is 10.1. The van der Waals surface area contributed by atoms with Crippen LogP contribution < -0.4 is 10.6 Å². The van der Waals surface area contributed by atoms with Gasteiger partial charge in [0.1, 0.15) is 23.0 Å². The second-order valence-corrected chi connectivity index (χ2v) is 12.1. The van der Waals surface area contributed by atoms with E-state index in [1.807, 2.05) is 41.5 Å². The summed E-state index contributed by atoms with van der Waals surface area (Å²) in [6.45, 7) is 12.7. The first-order valence-electron chi connectivity index (χ1n) is 11.7. The number of hydrogen-bond donors (Lipinski definition) is 10. The fourth-order valence-corrected chi connectivity index (χ4v) is 2.66. The molecule has 2 aromatic carbocycles. The van der Waals surface area contributed by atoms with E-state index in [1.54, 1.807) is 0 Å². The quantitative estimate of drug-likeness (QED) is 0.162. The monoisotopic (exact) mass is 632 g/mol. The van der Waals surface area contributed by atoms with Crippen molar-refractivity contribution in [3.05, 3.63) is 47.5 Å². The van der Waals surface area contributed by atoms with E-state index in [1.165, 1.54) is 36.4 Å². The number of phenols is 4. The highest BCUT2D eigenvalue weighted by atomic mass is 35.5. The highest BCUT2D eigenvalue weighted by Crippen LogP contribution is 2.26. The number of hydrogen-bond acceptors (Lipinski definition) is 10. The number of aliphatic hydroxyl groups is 2. The molecule has 2 rings (SSSR count). The van der Waals surface area contributed by atoms with E-state index in [4.69, 9.17) is 40.7 Å². The summed E-state index contributed by atoms with van der Waals surface area (Å²) in [5, 5.41) is 63.3. The highest BCUT2D eigenvalue weighted by molar-refractivity contribution is 7.79. The lowest BCUT2D eigenvalue weighted by Crippen LogP contribution is -2.38. The Morgan fingerprint density at radius 3 is 1.02 bits per heavy atom. The van der Waals surface area contributed by atoms with Crippen LogP contribution in [-0.2, 0) is 10.4 Å². The predicted octanol–water partition coefficient (Wildman–Crippen LogP) is 3.81. The Balaban J connectivity index is 0. The predicted molar refractivity (Wildman–Crippen MR) is 156 cm³/mol. The maximum atomic E-state index is 9.85. The summed E-state index contributed by atoms with van der Waals surface area (Å²) >= 11 is 9.53. The van der Waals surface area contributed by atoms with Crippen LogP contribution in [0.3, 0.4) is 0 Å². The largest absolute Gasteiger partial charge is 0.508 e. The van der Waals surface area contributed by atoms with Gasteiger partial charge in [-0.15, -0.1) is 23.2 Å². The summed E-state index contributed by atoms with van der Waals surface area (Å²) in [4.78, 5) is 0. The van der Waals surface area contributed by atoms with Crippen LogP contribution in [0.5, 0.6) is 23.0 Å². The number of aromatic hydroxyl groups is 4. The lowest BCUT2D eigenvalue weighted by molar-refractivity contribution is 0.162. The number of alkyl halides is 2. The van der Waals surface area contributed by atoms with Gasteiger partial charge in [-0.3, -0.25) is 9.11 Å². The van der Waals surface area contributed by atoms with Gasteiger partial charge in [0.15, 0.2) is 0 Å². The van der Waals surface area contributed by atoms with Crippen LogP contribution in [0.2, 0.25) is 0 Å². The molecular weight excluding hydrogens is 591 g/mol. The van der Waals surface area contributed by atoms with Gasteiger partial charge in [-0.25, -0.2) is 0 Å². The molecule has 0 saturated heterocycles. The molecule has 40 heavy (non-hydrogen) atoms. The Morgan fingerprint density at radius 1 is 0.650 bits per heavy atom. The molecule has 0 aliphatic heterocycles. The van der Waals surface area contributed by atoms with Crippen LogP contribution in [0, 0.1) is 0 Å². The summed E-state index contributed by atoms with van der Waals surface area (Å²) in [5.74, 6) is -0.204. The third-order valence-electron chi connectivity index (χ3n) is 4.27. The van der Waals surface area contributed by atoms with Crippen molar-refractivity contribution in [1.29, 1.82) is 0 Å². The van der Waals surface area contributed by atoms with Gasteiger partial charge in [0.05, 0.1) is 17.5 Å². The summed E-state index contributed by atoms with van der Waals surface area (Å²) < 4.78 is 31.6. The lowest BCUT2D eigenvalue weighted by Gasteiger charge is -2.23. The van der Waals surface area contributed by atoms with E-state index in [-0.39, 0.29) is 39.4 Å². The molecule has 2 aromatic rings. The number of benzene rings is 2. The van der Waals surface area contributed by atoms with Gasteiger partial charge < -0.3 is 41.3 Å². The van der Waals surface area contributed by atoms with E-state index >= 15 is 0 Å². The maximum absolute atomic E-state index is 9.85. The Hall–Kier alpha value is -2.07. The van der Waals surface area contributed by atoms with Gasteiger partial charge in [-0.2, -0.15) is 8.42 Å². The molecule has 0 amide bonds. The van der Waals surface area contributed by atoms with Crippen LogP contribution in [0.1, 0.15) is 64.9 Å². The molecule has 12 nitrogen and oxygen atoms in total. The molecule has 2 atom stereocenters. The first kappa shape index (κ1) is 40.1. The summed E-state index contributed by atoms with van der Waals surface area (Å²) in [7, 11) is -4.67. The first-order chi connectivity index (χ1) is 18.0. The third kappa shape index (κ3) is 24.9. The van der Waals surface area contributed by atoms with Crippen LogP contribution in [0.25, 0.3) is 0 Å². The van der Waals surface area contributed by atoms with Gasteiger partial charge >= 0.3 is 10.4 Å². The van der Waals surface area contributed by atoms with Crippen molar-refractivity contribution < 1.29 is 48.2 Å². The molecule has 0 saturated carbocycles. The third-order valence-corrected chi connectivity index (χ3v) is 4.27. The summed E-state index contributed by atoms with van der Waals surface area (Å²) in [5.41, 5.74) is 0.822. The van der Waals surface area contributed by atoms with Crippen molar-refractivity contribution in [3.63, 3.8) is 0 Å². The Bertz CT molecular complexity index is 988. The van der Waals surface area contributed by atoms with E-state index in [2.05, 4.69) is 10.6 Å². The number of aliphatic hydroxyl groups excluding tert-OH is 2. The van der Waals surface area contributed by atoms with Crippen molar-refractivity contribution in [3.8, 4) is 23.0 Å². The van der Waals surface area contributed by atoms with Crippen LogP contribution in [0.15, 0.2) is 36.4 Å². The number of halogens is 2.